The zero-order valence-corrected chi connectivity index (χ0v) is 11.0. The molecule has 0 aromatic heterocycles. The van der Waals surface area contributed by atoms with Crippen LogP contribution in [0.4, 0.5) is 5.69 Å². The predicted octanol–water partition coefficient (Wildman–Crippen LogP) is 2.60. The quantitative estimate of drug-likeness (QED) is 0.729. The Morgan fingerprint density at radius 2 is 1.94 bits per heavy atom. The highest BCUT2D eigenvalue weighted by atomic mass is 15.6. The molecule has 0 radical (unpaired) electrons. The molecule has 3 nitrogen and oxygen atoms in total. The molecule has 90 valence electrons. The van der Waals surface area contributed by atoms with E-state index in [-0.39, 0.29) is 0 Å². The van der Waals surface area contributed by atoms with Gasteiger partial charge in [-0.1, -0.05) is 23.3 Å². The van der Waals surface area contributed by atoms with Crippen LogP contribution in [-0.2, 0) is 6.54 Å². The summed E-state index contributed by atoms with van der Waals surface area (Å²) in [4.78, 5) is 2.15. The van der Waals surface area contributed by atoms with Gasteiger partial charge in [-0.3, -0.25) is 0 Å². The number of allylic oxidation sites excluding steroid dienone is 1. The Balaban J connectivity index is 2.28. The van der Waals surface area contributed by atoms with Gasteiger partial charge in [0.2, 0.25) is 0 Å². The van der Waals surface area contributed by atoms with E-state index in [1.807, 2.05) is 6.92 Å². The molecule has 17 heavy (non-hydrogen) atoms. The molecule has 3 heteroatoms. The summed E-state index contributed by atoms with van der Waals surface area (Å²) in [5.74, 6) is 0. The Hall–Kier alpha value is -1.61. The van der Waals surface area contributed by atoms with Gasteiger partial charge in [0.1, 0.15) is 12.7 Å². The Morgan fingerprint density at radius 1 is 1.24 bits per heavy atom. The van der Waals surface area contributed by atoms with Crippen molar-refractivity contribution in [2.75, 3.05) is 26.0 Å². The first-order chi connectivity index (χ1) is 8.00. The highest BCUT2D eigenvalue weighted by Crippen LogP contribution is 2.25. The largest absolute Gasteiger partial charge is 0.377 e. The molecule has 0 saturated heterocycles. The molecule has 1 aliphatic heterocycles. The third kappa shape index (κ3) is 2.56. The monoisotopic (exact) mass is 230 g/mol. The van der Waals surface area contributed by atoms with Crippen molar-refractivity contribution in [3.05, 3.63) is 42.1 Å². The minimum absolute atomic E-state index is 0.608. The minimum Gasteiger partial charge on any atom is -0.377 e. The van der Waals surface area contributed by atoms with Crippen molar-refractivity contribution >= 4 is 11.4 Å². The normalized spacial score (nSPS) is 22.7. The molecule has 0 fully saturated rings. The van der Waals surface area contributed by atoms with E-state index in [1.165, 1.54) is 11.3 Å². The first-order valence-electron chi connectivity index (χ1n) is 5.87. The summed E-state index contributed by atoms with van der Waals surface area (Å²) >= 11 is 0. The molecule has 0 amide bonds. The van der Waals surface area contributed by atoms with Gasteiger partial charge < -0.3 is 4.90 Å². The minimum atomic E-state index is 0.608. The number of quaternary nitrogens is 1. The second-order valence-electron chi connectivity index (χ2n) is 4.95. The lowest BCUT2D eigenvalue weighted by atomic mass is 10.1. The summed E-state index contributed by atoms with van der Waals surface area (Å²) < 4.78 is 0.608. The van der Waals surface area contributed by atoms with E-state index in [2.05, 4.69) is 67.7 Å². The second-order valence-corrected chi connectivity index (χ2v) is 4.95. The maximum absolute atomic E-state index is 4.64. The maximum Gasteiger partial charge on any atom is 0.135 e. The van der Waals surface area contributed by atoms with E-state index in [1.54, 1.807) is 0 Å². The van der Waals surface area contributed by atoms with E-state index >= 15 is 0 Å². The van der Waals surface area contributed by atoms with E-state index in [4.69, 9.17) is 0 Å². The molecule has 1 unspecified atom stereocenters. The summed E-state index contributed by atoms with van der Waals surface area (Å²) in [5, 5.41) is 4.64. The van der Waals surface area contributed by atoms with E-state index in [0.717, 1.165) is 12.3 Å². The molecule has 2 rings (SSSR count). The average Bonchev–Trinajstić information content (AvgIpc) is 2.59. The van der Waals surface area contributed by atoms with Gasteiger partial charge in [-0.15, -0.1) is 0 Å². The zero-order chi connectivity index (χ0) is 12.5. The highest BCUT2D eigenvalue weighted by molar-refractivity contribution is 5.92. The number of hydrogen-bond acceptors (Lipinski definition) is 2. The Bertz CT molecular complexity index is 474. The molecular formula is C14H20N3+. The van der Waals surface area contributed by atoms with Crippen LogP contribution in [0.1, 0.15) is 12.5 Å². The van der Waals surface area contributed by atoms with Crippen LogP contribution < -0.4 is 4.90 Å². The van der Waals surface area contributed by atoms with Gasteiger partial charge >= 0.3 is 0 Å². The van der Waals surface area contributed by atoms with E-state index in [0.29, 0.717) is 4.59 Å². The first-order valence-corrected chi connectivity index (χ1v) is 5.87. The first kappa shape index (κ1) is 11.9. The van der Waals surface area contributed by atoms with E-state index in [9.17, 15) is 0 Å². The van der Waals surface area contributed by atoms with Crippen LogP contribution in [0.5, 0.6) is 0 Å². The van der Waals surface area contributed by atoms with Crippen LogP contribution in [0.2, 0.25) is 0 Å². The van der Waals surface area contributed by atoms with Crippen LogP contribution in [0.25, 0.3) is 0 Å². The molecule has 0 aliphatic carbocycles. The number of hydrogen-bond donors (Lipinski definition) is 0. The van der Waals surface area contributed by atoms with Crippen molar-refractivity contribution in [2.45, 2.75) is 13.5 Å². The van der Waals surface area contributed by atoms with E-state index < -0.39 is 0 Å². The second kappa shape index (κ2) is 4.34. The van der Waals surface area contributed by atoms with Crippen LogP contribution >= 0.6 is 0 Å². The van der Waals surface area contributed by atoms with Crippen LogP contribution in [-0.4, -0.2) is 31.4 Å². The van der Waals surface area contributed by atoms with Gasteiger partial charge in [-0.05, 0) is 13.0 Å². The summed E-state index contributed by atoms with van der Waals surface area (Å²) in [5.41, 5.74) is 3.68. The Morgan fingerprint density at radius 3 is 2.53 bits per heavy atom. The molecule has 1 heterocycles. The number of rotatable bonds is 3. The smallest absolute Gasteiger partial charge is 0.135 e. The summed E-state index contributed by atoms with van der Waals surface area (Å²) in [6.45, 7) is 2.93. The van der Waals surface area contributed by atoms with Crippen molar-refractivity contribution in [1.82, 2.24) is 0 Å². The third-order valence-corrected chi connectivity index (χ3v) is 2.99. The maximum atomic E-state index is 4.64. The van der Waals surface area contributed by atoms with Gasteiger partial charge in [0.25, 0.3) is 0 Å². The van der Waals surface area contributed by atoms with Gasteiger partial charge in [0.05, 0.1) is 12.8 Å². The standard InChI is InChI=1S/C14H20N3/c1-12-9-10-17(4,15-12)11-13-7-5-6-8-14(13)16(2)3/h5-10H,11H2,1-4H3/q+1. The van der Waals surface area contributed by atoms with Crippen LogP contribution in [0.3, 0.4) is 0 Å². The SMILES string of the molecule is CC1=N[N+](C)(Cc2ccccc2N(C)C)C=C1. The van der Waals surface area contributed by atoms with Gasteiger partial charge in [0.15, 0.2) is 0 Å². The van der Waals surface area contributed by atoms with Crippen molar-refractivity contribution in [2.24, 2.45) is 5.10 Å². The summed E-state index contributed by atoms with van der Waals surface area (Å²) in [6, 6.07) is 8.49. The molecule has 1 aromatic carbocycles. The van der Waals surface area contributed by atoms with Crippen molar-refractivity contribution < 1.29 is 4.59 Å². The fourth-order valence-electron chi connectivity index (χ4n) is 2.21. The molecule has 1 aromatic rings. The molecular weight excluding hydrogens is 210 g/mol. The van der Waals surface area contributed by atoms with Crippen molar-refractivity contribution in [1.29, 1.82) is 0 Å². The lowest BCUT2D eigenvalue weighted by Crippen LogP contribution is -2.30. The topological polar surface area (TPSA) is 15.6 Å². The number of para-hydroxylation sites is 1. The lowest BCUT2D eigenvalue weighted by molar-refractivity contribution is -0.877. The van der Waals surface area contributed by atoms with Crippen molar-refractivity contribution in [3.63, 3.8) is 0 Å². The molecule has 0 saturated carbocycles. The molecule has 1 aliphatic rings. The molecule has 0 spiro atoms. The van der Waals surface area contributed by atoms with Gasteiger partial charge in [0, 0.05) is 31.4 Å². The fraction of sp³-hybridized carbons (Fsp3) is 0.357. The third-order valence-electron chi connectivity index (χ3n) is 2.99. The summed E-state index contributed by atoms with van der Waals surface area (Å²) in [7, 11) is 6.28. The Kier molecular flexibility index (Phi) is 3.03. The lowest BCUT2D eigenvalue weighted by Gasteiger charge is -2.24. The van der Waals surface area contributed by atoms with Gasteiger partial charge in [-0.25, -0.2) is 0 Å². The van der Waals surface area contributed by atoms with Gasteiger partial charge in [-0.2, -0.15) is 4.59 Å². The number of benzene rings is 1. The summed E-state index contributed by atoms with van der Waals surface area (Å²) in [6.07, 6.45) is 4.22. The molecule has 0 N–H and O–H groups in total. The fourth-order valence-corrected chi connectivity index (χ4v) is 2.21. The number of anilines is 1. The molecule has 1 atom stereocenters. The predicted molar refractivity (Wildman–Crippen MR) is 72.9 cm³/mol. The molecule has 0 bridgehead atoms. The number of nitrogens with zero attached hydrogens (tertiary/aromatic N) is 3. The Labute approximate surface area is 103 Å². The van der Waals surface area contributed by atoms with Crippen molar-refractivity contribution in [3.8, 4) is 0 Å². The average molecular weight is 230 g/mol. The highest BCUT2D eigenvalue weighted by Gasteiger charge is 2.25. The van der Waals surface area contributed by atoms with Crippen LogP contribution in [0.15, 0.2) is 41.6 Å². The van der Waals surface area contributed by atoms with Crippen LogP contribution in [0, 0.1) is 0 Å². The zero-order valence-electron chi connectivity index (χ0n) is 11.0.